The van der Waals surface area contributed by atoms with E-state index in [1.54, 1.807) is 0 Å². The molecule has 1 aliphatic carbocycles. The summed E-state index contributed by atoms with van der Waals surface area (Å²) in [5.41, 5.74) is 1.79. The molecule has 1 aromatic rings. The molecule has 0 radical (unpaired) electrons. The van der Waals surface area contributed by atoms with Gasteiger partial charge < -0.3 is 16.0 Å². The number of hydrogen-bond acceptors (Lipinski definition) is 3. The van der Waals surface area contributed by atoms with Crippen LogP contribution in [0.2, 0.25) is 0 Å². The normalized spacial score (nSPS) is 13.3. The van der Waals surface area contributed by atoms with E-state index in [4.69, 9.17) is 0 Å². The maximum atomic E-state index is 11.7. The highest BCUT2D eigenvalue weighted by atomic mass is 35.5. The molecule has 3 N–H and O–H groups in total. The van der Waals surface area contributed by atoms with Gasteiger partial charge in [-0.25, -0.2) is 0 Å². The Bertz CT molecular complexity index is 513. The van der Waals surface area contributed by atoms with E-state index < -0.39 is 0 Å². The molecule has 0 atom stereocenters. The number of carbonyl (C=O) groups is 2. The van der Waals surface area contributed by atoms with Gasteiger partial charge in [0.1, 0.15) is 0 Å². The number of anilines is 1. The Balaban J connectivity index is 0.00000264. The number of nitrogens with one attached hydrogen (secondary N) is 3. The standard InChI is InChI=1S/C17H25N3O2.ClH/c1-12(2)17(22)20-15-7-5-14(6-8-15)10-19-16(21)11-18-9-13-3-4-13;/h5-8,12-13,18H,3-4,9-11H2,1-2H3,(H,19,21)(H,20,22);1H. The molecular weight excluding hydrogens is 314 g/mol. The second kappa shape index (κ2) is 9.53. The molecule has 1 aliphatic rings. The summed E-state index contributed by atoms with van der Waals surface area (Å²) >= 11 is 0. The third-order valence-corrected chi connectivity index (χ3v) is 3.65. The summed E-state index contributed by atoms with van der Waals surface area (Å²) in [4.78, 5) is 23.3. The van der Waals surface area contributed by atoms with E-state index in [0.29, 0.717) is 13.1 Å². The molecule has 2 amide bonds. The maximum absolute atomic E-state index is 11.7. The second-order valence-electron chi connectivity index (χ2n) is 6.19. The SMILES string of the molecule is CC(C)C(=O)Nc1ccc(CNC(=O)CNCC2CC2)cc1.Cl. The Morgan fingerprint density at radius 1 is 1.17 bits per heavy atom. The quantitative estimate of drug-likeness (QED) is 0.680. The number of amides is 2. The lowest BCUT2D eigenvalue weighted by Gasteiger charge is -2.09. The average molecular weight is 340 g/mol. The number of rotatable bonds is 8. The highest BCUT2D eigenvalue weighted by Gasteiger charge is 2.20. The zero-order chi connectivity index (χ0) is 15.9. The Hall–Kier alpha value is -1.59. The zero-order valence-corrected chi connectivity index (χ0v) is 14.5. The molecule has 128 valence electrons. The topological polar surface area (TPSA) is 70.2 Å². The summed E-state index contributed by atoms with van der Waals surface area (Å²) in [5, 5.41) is 8.89. The Kier molecular flexibility index (Phi) is 8.06. The summed E-state index contributed by atoms with van der Waals surface area (Å²) in [5.74, 6) is 0.754. The third-order valence-electron chi connectivity index (χ3n) is 3.65. The molecule has 23 heavy (non-hydrogen) atoms. The molecule has 0 aromatic heterocycles. The minimum Gasteiger partial charge on any atom is -0.351 e. The van der Waals surface area contributed by atoms with Crippen LogP contribution < -0.4 is 16.0 Å². The van der Waals surface area contributed by atoms with Crippen LogP contribution in [0.15, 0.2) is 24.3 Å². The van der Waals surface area contributed by atoms with Gasteiger partial charge >= 0.3 is 0 Å². The van der Waals surface area contributed by atoms with Crippen molar-refractivity contribution in [2.24, 2.45) is 11.8 Å². The third kappa shape index (κ3) is 7.48. The van der Waals surface area contributed by atoms with Gasteiger partial charge in [-0.2, -0.15) is 0 Å². The van der Waals surface area contributed by atoms with E-state index in [1.165, 1.54) is 12.8 Å². The van der Waals surface area contributed by atoms with E-state index in [0.717, 1.165) is 23.7 Å². The highest BCUT2D eigenvalue weighted by molar-refractivity contribution is 5.92. The first-order chi connectivity index (χ1) is 10.5. The first-order valence-electron chi connectivity index (χ1n) is 7.92. The Labute approximate surface area is 144 Å². The van der Waals surface area contributed by atoms with E-state index in [1.807, 2.05) is 38.1 Å². The van der Waals surface area contributed by atoms with Crippen LogP contribution >= 0.6 is 12.4 Å². The molecule has 1 fully saturated rings. The molecule has 0 aliphatic heterocycles. The Morgan fingerprint density at radius 2 is 1.83 bits per heavy atom. The van der Waals surface area contributed by atoms with Crippen LogP contribution in [0.25, 0.3) is 0 Å². The van der Waals surface area contributed by atoms with Crippen molar-refractivity contribution >= 4 is 29.9 Å². The monoisotopic (exact) mass is 339 g/mol. The van der Waals surface area contributed by atoms with Crippen molar-refractivity contribution in [3.05, 3.63) is 29.8 Å². The number of hydrogen-bond donors (Lipinski definition) is 3. The van der Waals surface area contributed by atoms with Gasteiger partial charge in [-0.05, 0) is 43.0 Å². The van der Waals surface area contributed by atoms with E-state index in [2.05, 4.69) is 16.0 Å². The fourth-order valence-electron chi connectivity index (χ4n) is 1.97. The molecule has 1 saturated carbocycles. The number of carbonyl (C=O) groups excluding carboxylic acids is 2. The fourth-order valence-corrected chi connectivity index (χ4v) is 1.97. The van der Waals surface area contributed by atoms with E-state index in [-0.39, 0.29) is 30.1 Å². The maximum Gasteiger partial charge on any atom is 0.234 e. The fraction of sp³-hybridized carbons (Fsp3) is 0.529. The lowest BCUT2D eigenvalue weighted by Crippen LogP contribution is -2.34. The minimum absolute atomic E-state index is 0. The average Bonchev–Trinajstić information content (AvgIpc) is 3.30. The molecule has 0 saturated heterocycles. The molecule has 2 rings (SSSR count). The van der Waals surface area contributed by atoms with Gasteiger partial charge in [-0.3, -0.25) is 9.59 Å². The largest absolute Gasteiger partial charge is 0.351 e. The molecule has 5 nitrogen and oxygen atoms in total. The van der Waals surface area contributed by atoms with Crippen LogP contribution in [-0.2, 0) is 16.1 Å². The predicted molar refractivity (Wildman–Crippen MR) is 94.6 cm³/mol. The second-order valence-corrected chi connectivity index (χ2v) is 6.19. The molecular formula is C17H26ClN3O2. The first kappa shape index (κ1) is 19.5. The van der Waals surface area contributed by atoms with Gasteiger partial charge in [0.2, 0.25) is 11.8 Å². The van der Waals surface area contributed by atoms with Crippen molar-refractivity contribution in [2.45, 2.75) is 33.2 Å². The smallest absolute Gasteiger partial charge is 0.234 e. The van der Waals surface area contributed by atoms with Crippen LogP contribution in [0.3, 0.4) is 0 Å². The summed E-state index contributed by atoms with van der Waals surface area (Å²) in [7, 11) is 0. The molecule has 6 heteroatoms. The van der Waals surface area contributed by atoms with Gasteiger partial charge in [-0.1, -0.05) is 26.0 Å². The lowest BCUT2D eigenvalue weighted by atomic mass is 10.1. The summed E-state index contributed by atoms with van der Waals surface area (Å²) in [6.45, 7) is 5.53. The predicted octanol–water partition coefficient (Wildman–Crippen LogP) is 2.32. The van der Waals surface area contributed by atoms with Crippen LogP contribution in [0.1, 0.15) is 32.3 Å². The van der Waals surface area contributed by atoms with Crippen molar-refractivity contribution in [3.63, 3.8) is 0 Å². The molecule has 0 bridgehead atoms. The van der Waals surface area contributed by atoms with Gasteiger partial charge in [0.05, 0.1) is 6.54 Å². The number of benzene rings is 1. The summed E-state index contributed by atoms with van der Waals surface area (Å²) in [6.07, 6.45) is 2.57. The summed E-state index contributed by atoms with van der Waals surface area (Å²) in [6, 6.07) is 7.53. The molecule has 0 spiro atoms. The van der Waals surface area contributed by atoms with E-state index in [9.17, 15) is 9.59 Å². The minimum atomic E-state index is -0.0397. The first-order valence-corrected chi connectivity index (χ1v) is 7.92. The van der Waals surface area contributed by atoms with Crippen molar-refractivity contribution in [1.82, 2.24) is 10.6 Å². The van der Waals surface area contributed by atoms with Gasteiger partial charge in [0.15, 0.2) is 0 Å². The Morgan fingerprint density at radius 3 is 2.39 bits per heavy atom. The summed E-state index contributed by atoms with van der Waals surface area (Å²) < 4.78 is 0. The van der Waals surface area contributed by atoms with Crippen molar-refractivity contribution in [2.75, 3.05) is 18.4 Å². The highest BCUT2D eigenvalue weighted by Crippen LogP contribution is 2.27. The van der Waals surface area contributed by atoms with Gasteiger partial charge in [-0.15, -0.1) is 12.4 Å². The van der Waals surface area contributed by atoms with Crippen molar-refractivity contribution < 1.29 is 9.59 Å². The van der Waals surface area contributed by atoms with Crippen LogP contribution in [0.5, 0.6) is 0 Å². The van der Waals surface area contributed by atoms with Crippen LogP contribution in [0, 0.1) is 11.8 Å². The zero-order valence-electron chi connectivity index (χ0n) is 13.7. The van der Waals surface area contributed by atoms with Gasteiger partial charge in [0.25, 0.3) is 0 Å². The molecule has 1 aromatic carbocycles. The van der Waals surface area contributed by atoms with Crippen LogP contribution in [0.4, 0.5) is 5.69 Å². The lowest BCUT2D eigenvalue weighted by molar-refractivity contribution is -0.120. The molecule has 0 heterocycles. The van der Waals surface area contributed by atoms with E-state index >= 15 is 0 Å². The van der Waals surface area contributed by atoms with Crippen molar-refractivity contribution in [1.29, 1.82) is 0 Å². The van der Waals surface area contributed by atoms with Crippen molar-refractivity contribution in [3.8, 4) is 0 Å². The molecule has 0 unspecified atom stereocenters. The van der Waals surface area contributed by atoms with Crippen LogP contribution in [-0.4, -0.2) is 24.9 Å². The number of halogens is 1. The van der Waals surface area contributed by atoms with Gasteiger partial charge in [0, 0.05) is 18.2 Å².